The van der Waals surface area contributed by atoms with Crippen molar-refractivity contribution in [3.8, 4) is 5.75 Å². The van der Waals surface area contributed by atoms with E-state index < -0.39 is 0 Å². The Bertz CT molecular complexity index is 983. The van der Waals surface area contributed by atoms with Crippen LogP contribution in [-0.2, 0) is 21.5 Å². The van der Waals surface area contributed by atoms with Gasteiger partial charge >= 0.3 is 5.97 Å². The summed E-state index contributed by atoms with van der Waals surface area (Å²) >= 11 is 0. The molecule has 0 saturated heterocycles. The summed E-state index contributed by atoms with van der Waals surface area (Å²) in [6.45, 7) is 9.85. The largest absolute Gasteiger partial charge is 0.497 e. The molecule has 2 aromatic rings. The molecule has 1 fully saturated rings. The van der Waals surface area contributed by atoms with Crippen LogP contribution in [0.5, 0.6) is 5.75 Å². The third-order valence-electron chi connectivity index (χ3n) is 8.33. The lowest BCUT2D eigenvalue weighted by molar-refractivity contribution is -0.150. The first kappa shape index (κ1) is 30.0. The van der Waals surface area contributed by atoms with Gasteiger partial charge in [0.1, 0.15) is 11.9 Å². The van der Waals surface area contributed by atoms with Crippen LogP contribution in [0.25, 0.3) is 0 Å². The maximum absolute atomic E-state index is 13.1. The molecule has 0 unspecified atom stereocenters. The molecule has 4 nitrogen and oxygen atoms in total. The highest BCUT2D eigenvalue weighted by atomic mass is 16.5. The second-order valence-electron chi connectivity index (χ2n) is 11.6. The summed E-state index contributed by atoms with van der Waals surface area (Å²) in [6, 6.07) is 18.9. The van der Waals surface area contributed by atoms with E-state index in [1.54, 1.807) is 13.2 Å². The van der Waals surface area contributed by atoms with Crippen LogP contribution in [0.15, 0.2) is 66.7 Å². The number of carbonyl (C=O) groups is 1. The Morgan fingerprint density at radius 1 is 1.05 bits per heavy atom. The number of hydrogen-bond acceptors (Lipinski definition) is 4. The van der Waals surface area contributed by atoms with Crippen molar-refractivity contribution in [3.63, 3.8) is 0 Å². The van der Waals surface area contributed by atoms with Gasteiger partial charge in [0.25, 0.3) is 0 Å². The lowest BCUT2D eigenvalue weighted by Gasteiger charge is -2.43. The Morgan fingerprint density at radius 3 is 2.47 bits per heavy atom. The van der Waals surface area contributed by atoms with Crippen LogP contribution >= 0.6 is 0 Å². The summed E-state index contributed by atoms with van der Waals surface area (Å²) in [5.41, 5.74) is 2.45. The third kappa shape index (κ3) is 9.01. The molecule has 3 rings (SSSR count). The zero-order chi connectivity index (χ0) is 27.4. The zero-order valence-corrected chi connectivity index (χ0v) is 24.2. The van der Waals surface area contributed by atoms with Crippen LogP contribution in [0.4, 0.5) is 0 Å². The first-order valence-corrected chi connectivity index (χ1v) is 14.6. The van der Waals surface area contributed by atoms with E-state index in [1.165, 1.54) is 36.8 Å². The molecule has 0 amide bonds. The quantitative estimate of drug-likeness (QED) is 0.156. The van der Waals surface area contributed by atoms with Crippen molar-refractivity contribution in [1.29, 1.82) is 0 Å². The van der Waals surface area contributed by atoms with Gasteiger partial charge in [0.15, 0.2) is 0 Å². The maximum atomic E-state index is 13.1. The molecule has 1 saturated carbocycles. The van der Waals surface area contributed by atoms with Crippen LogP contribution in [0.2, 0.25) is 0 Å². The van der Waals surface area contributed by atoms with Crippen LogP contribution in [0, 0.1) is 11.8 Å². The van der Waals surface area contributed by atoms with Gasteiger partial charge in [-0.05, 0) is 53.9 Å². The number of unbranched alkanes of at least 4 members (excludes halogenated alkanes) is 3. The normalized spacial score (nSPS) is 20.8. The Morgan fingerprint density at radius 2 is 1.79 bits per heavy atom. The summed E-state index contributed by atoms with van der Waals surface area (Å²) in [6.07, 6.45) is 12.6. The number of methoxy groups -OCH3 is 1. The molecule has 0 heterocycles. The van der Waals surface area contributed by atoms with Gasteiger partial charge in [0.2, 0.25) is 0 Å². The van der Waals surface area contributed by atoms with Crippen molar-refractivity contribution in [2.24, 2.45) is 11.8 Å². The van der Waals surface area contributed by atoms with E-state index in [0.29, 0.717) is 11.8 Å². The van der Waals surface area contributed by atoms with Gasteiger partial charge in [0.05, 0.1) is 7.11 Å². The van der Waals surface area contributed by atoms with Gasteiger partial charge in [-0.3, -0.25) is 0 Å². The maximum Gasteiger partial charge on any atom is 0.330 e. The van der Waals surface area contributed by atoms with E-state index in [9.17, 15) is 4.79 Å². The van der Waals surface area contributed by atoms with Crippen molar-refractivity contribution in [1.82, 2.24) is 5.32 Å². The summed E-state index contributed by atoms with van der Waals surface area (Å²) in [7, 11) is 1.68. The van der Waals surface area contributed by atoms with Crippen LogP contribution in [0.3, 0.4) is 0 Å². The molecule has 208 valence electrons. The average molecular weight is 520 g/mol. The van der Waals surface area contributed by atoms with E-state index >= 15 is 0 Å². The summed E-state index contributed by atoms with van der Waals surface area (Å²) in [5.74, 6) is 1.51. The highest BCUT2D eigenvalue weighted by molar-refractivity contribution is 5.82. The summed E-state index contributed by atoms with van der Waals surface area (Å²) in [5, 5.41) is 3.64. The van der Waals surface area contributed by atoms with Crippen molar-refractivity contribution >= 4 is 5.97 Å². The number of rotatable bonds is 14. The minimum atomic E-state index is -0.220. The van der Waals surface area contributed by atoms with Crippen molar-refractivity contribution in [2.75, 3.05) is 7.11 Å². The van der Waals surface area contributed by atoms with Crippen molar-refractivity contribution in [3.05, 3.63) is 77.9 Å². The number of esters is 1. The lowest BCUT2D eigenvalue weighted by atomic mass is 9.64. The van der Waals surface area contributed by atoms with E-state index in [1.807, 2.05) is 18.2 Å². The van der Waals surface area contributed by atoms with Gasteiger partial charge < -0.3 is 14.8 Å². The molecule has 1 N–H and O–H groups in total. The fraction of sp³-hybridized carbons (Fsp3) is 0.559. The predicted octanol–water partition coefficient (Wildman–Crippen LogP) is 8.01. The fourth-order valence-electron chi connectivity index (χ4n) is 5.80. The highest BCUT2D eigenvalue weighted by Gasteiger charge is 2.41. The molecule has 38 heavy (non-hydrogen) atoms. The first-order valence-electron chi connectivity index (χ1n) is 14.6. The monoisotopic (exact) mass is 519 g/mol. The van der Waals surface area contributed by atoms with E-state index in [4.69, 9.17) is 9.47 Å². The van der Waals surface area contributed by atoms with Gasteiger partial charge in [-0.15, -0.1) is 0 Å². The van der Waals surface area contributed by atoms with E-state index in [0.717, 1.165) is 38.0 Å². The van der Waals surface area contributed by atoms with Gasteiger partial charge in [-0.2, -0.15) is 0 Å². The molecule has 0 aliphatic heterocycles. The lowest BCUT2D eigenvalue weighted by Crippen LogP contribution is -2.43. The summed E-state index contributed by atoms with van der Waals surface area (Å²) in [4.78, 5) is 13.1. The molecule has 0 bridgehead atoms. The number of carbonyl (C=O) groups excluding carboxylic acids is 1. The highest BCUT2D eigenvalue weighted by Crippen LogP contribution is 2.43. The number of nitrogens with one attached hydrogen (secondary N) is 1. The van der Waals surface area contributed by atoms with E-state index in [-0.39, 0.29) is 23.5 Å². The van der Waals surface area contributed by atoms with Crippen molar-refractivity contribution < 1.29 is 14.3 Å². The molecule has 0 radical (unpaired) electrons. The zero-order valence-electron chi connectivity index (χ0n) is 24.2. The predicted molar refractivity (Wildman–Crippen MR) is 157 cm³/mol. The summed E-state index contributed by atoms with van der Waals surface area (Å²) < 4.78 is 11.5. The Hall–Kier alpha value is -2.59. The molecule has 1 aliphatic carbocycles. The second-order valence-corrected chi connectivity index (χ2v) is 11.6. The number of benzene rings is 2. The second kappa shape index (κ2) is 15.1. The van der Waals surface area contributed by atoms with Crippen molar-refractivity contribution in [2.45, 2.75) is 103 Å². The Labute approximate surface area is 231 Å². The van der Waals surface area contributed by atoms with E-state index in [2.05, 4.69) is 75.5 Å². The molecule has 4 atom stereocenters. The van der Waals surface area contributed by atoms with Gasteiger partial charge in [0, 0.05) is 24.6 Å². The smallest absolute Gasteiger partial charge is 0.330 e. The molecule has 2 aromatic carbocycles. The molecule has 0 aromatic heterocycles. The average Bonchev–Trinajstić information content (AvgIpc) is 2.92. The first-order chi connectivity index (χ1) is 18.3. The SMILES string of the molecule is CCCCCC[C@H](/C=C/C(=O)O[C@@H]1C[C@H](C)CC[C@H]1C(C)(C)c1ccccc1)NCc1ccc(OC)cc1. The molecular formula is C34H49NO3. The standard InChI is InChI=1S/C34H49NO3/c1-6-7-8-12-15-29(35-25-27-17-20-30(37-5)21-18-27)19-23-33(36)38-32-24-26(2)16-22-31(32)34(3,4)28-13-10-9-11-14-28/h9-11,13-14,17-21,23,26,29,31-32,35H,6-8,12,15-16,22,24-25H2,1-5H3/b23-19+/t26-,29-,31-,32-/m1/s1. The molecular weight excluding hydrogens is 470 g/mol. The molecule has 4 heteroatoms. The molecule has 0 spiro atoms. The van der Waals surface area contributed by atoms with Crippen LogP contribution in [0.1, 0.15) is 90.2 Å². The number of ether oxygens (including phenoxy) is 2. The topological polar surface area (TPSA) is 47.6 Å². The van der Waals surface area contributed by atoms with Gasteiger partial charge in [-0.1, -0.05) is 108 Å². The van der Waals surface area contributed by atoms with Crippen LogP contribution < -0.4 is 10.1 Å². The third-order valence-corrected chi connectivity index (χ3v) is 8.33. The number of hydrogen-bond donors (Lipinski definition) is 1. The fourth-order valence-corrected chi connectivity index (χ4v) is 5.80. The minimum absolute atomic E-state index is 0.0577. The Balaban J connectivity index is 1.64. The van der Waals surface area contributed by atoms with Gasteiger partial charge in [-0.25, -0.2) is 4.79 Å². The van der Waals surface area contributed by atoms with Crippen LogP contribution in [-0.4, -0.2) is 25.2 Å². The minimum Gasteiger partial charge on any atom is -0.497 e. The Kier molecular flexibility index (Phi) is 11.9. The molecule has 1 aliphatic rings.